The smallest absolute Gasteiger partial charge is 0.255 e. The molecule has 0 atom stereocenters. The van der Waals surface area contributed by atoms with Crippen molar-refractivity contribution in [3.8, 4) is 23.0 Å². The third kappa shape index (κ3) is 2.86. The third-order valence-electron chi connectivity index (χ3n) is 2.74. The van der Waals surface area contributed by atoms with E-state index in [1.165, 1.54) is 18.2 Å². The molecule has 0 spiro atoms. The van der Waals surface area contributed by atoms with Crippen molar-refractivity contribution in [2.45, 2.75) is 0 Å². The molecule has 2 aromatic rings. The van der Waals surface area contributed by atoms with E-state index in [9.17, 15) is 30.0 Å². The van der Waals surface area contributed by atoms with Crippen LogP contribution in [0, 0.1) is 0 Å². The van der Waals surface area contributed by atoms with Gasteiger partial charge in [0.2, 0.25) is 0 Å². The van der Waals surface area contributed by atoms with Gasteiger partial charge in [-0.25, -0.2) is 0 Å². The van der Waals surface area contributed by atoms with Crippen LogP contribution in [0.15, 0.2) is 30.3 Å². The molecule has 0 heterocycles. The molecule has 0 unspecified atom stereocenters. The zero-order valence-electron chi connectivity index (χ0n) is 10.6. The first-order valence-corrected chi connectivity index (χ1v) is 5.77. The van der Waals surface area contributed by atoms with Gasteiger partial charge in [-0.1, -0.05) is 0 Å². The number of benzene rings is 2. The lowest BCUT2D eigenvalue weighted by Gasteiger charge is -2.09. The van der Waals surface area contributed by atoms with E-state index in [2.05, 4.69) is 5.32 Å². The van der Waals surface area contributed by atoms with Gasteiger partial charge in [-0.2, -0.15) is 0 Å². The molecule has 108 valence electrons. The van der Waals surface area contributed by atoms with Gasteiger partial charge in [-0.05, 0) is 24.3 Å². The highest BCUT2D eigenvalue weighted by Crippen LogP contribution is 2.35. The van der Waals surface area contributed by atoms with Crippen molar-refractivity contribution in [3.05, 3.63) is 41.5 Å². The van der Waals surface area contributed by atoms with Gasteiger partial charge in [0.15, 0.2) is 23.5 Å². The number of nitrogens with one attached hydrogen (secondary N) is 1. The van der Waals surface area contributed by atoms with Crippen LogP contribution in [-0.4, -0.2) is 32.6 Å². The van der Waals surface area contributed by atoms with Gasteiger partial charge in [0, 0.05) is 17.2 Å². The van der Waals surface area contributed by atoms with Gasteiger partial charge in [0.1, 0.15) is 5.75 Å². The van der Waals surface area contributed by atoms with Crippen molar-refractivity contribution in [1.29, 1.82) is 0 Å². The zero-order valence-corrected chi connectivity index (χ0v) is 10.6. The molecule has 21 heavy (non-hydrogen) atoms. The number of amides is 1. The molecule has 0 radical (unpaired) electrons. The molecule has 0 saturated carbocycles. The van der Waals surface area contributed by atoms with Crippen LogP contribution in [0.25, 0.3) is 0 Å². The highest BCUT2D eigenvalue weighted by atomic mass is 16.3. The maximum Gasteiger partial charge on any atom is 0.255 e. The molecule has 2 rings (SSSR count). The van der Waals surface area contributed by atoms with E-state index in [0.717, 1.165) is 12.1 Å². The number of carbonyl (C=O) groups is 2. The Labute approximate surface area is 118 Å². The molecule has 0 aliphatic carbocycles. The minimum atomic E-state index is -0.741. The summed E-state index contributed by atoms with van der Waals surface area (Å²) < 4.78 is 0. The number of hydrogen-bond acceptors (Lipinski definition) is 6. The number of aldehydes is 1. The second kappa shape index (κ2) is 5.41. The number of rotatable bonds is 3. The average molecular weight is 289 g/mol. The predicted molar refractivity (Wildman–Crippen MR) is 72.9 cm³/mol. The van der Waals surface area contributed by atoms with Crippen LogP contribution < -0.4 is 5.32 Å². The van der Waals surface area contributed by atoms with Gasteiger partial charge >= 0.3 is 0 Å². The summed E-state index contributed by atoms with van der Waals surface area (Å²) in [5.74, 6) is -2.95. The normalized spacial score (nSPS) is 10.1. The fourth-order valence-corrected chi connectivity index (χ4v) is 1.69. The first kappa shape index (κ1) is 14.2. The minimum Gasteiger partial charge on any atom is -0.508 e. The highest BCUT2D eigenvalue weighted by Gasteiger charge is 2.15. The summed E-state index contributed by atoms with van der Waals surface area (Å²) in [6.07, 6.45) is 0.501. The van der Waals surface area contributed by atoms with E-state index in [4.69, 9.17) is 0 Å². The van der Waals surface area contributed by atoms with E-state index in [0.29, 0.717) is 6.29 Å². The number of hydrogen-bond donors (Lipinski definition) is 5. The standard InChI is InChI=1S/C14H11NO6/c16-6-7-1-2-9(17)5-10(7)15-14(21)8-3-11(18)13(20)12(19)4-8/h1-6,17-20H,(H,15,21). The molecule has 5 N–H and O–H groups in total. The van der Waals surface area contributed by atoms with Crippen molar-refractivity contribution in [1.82, 2.24) is 0 Å². The molecule has 0 fully saturated rings. The van der Waals surface area contributed by atoms with Crippen molar-refractivity contribution >= 4 is 17.9 Å². The molecule has 0 aliphatic rings. The van der Waals surface area contributed by atoms with Crippen LogP contribution in [0.4, 0.5) is 5.69 Å². The van der Waals surface area contributed by atoms with Gasteiger partial charge in [0.25, 0.3) is 5.91 Å². The molecular formula is C14H11NO6. The largest absolute Gasteiger partial charge is 0.508 e. The lowest BCUT2D eigenvalue weighted by atomic mass is 10.1. The topological polar surface area (TPSA) is 127 Å². The Hall–Kier alpha value is -3.22. The van der Waals surface area contributed by atoms with Crippen molar-refractivity contribution < 1.29 is 30.0 Å². The molecule has 0 bridgehead atoms. The fraction of sp³-hybridized carbons (Fsp3) is 0. The van der Waals surface area contributed by atoms with Crippen LogP contribution in [0.3, 0.4) is 0 Å². The van der Waals surface area contributed by atoms with E-state index < -0.39 is 23.2 Å². The van der Waals surface area contributed by atoms with Crippen LogP contribution in [0.1, 0.15) is 20.7 Å². The maximum absolute atomic E-state index is 12.0. The van der Waals surface area contributed by atoms with Gasteiger partial charge in [-0.15, -0.1) is 0 Å². The Morgan fingerprint density at radius 1 is 1.00 bits per heavy atom. The summed E-state index contributed by atoms with van der Waals surface area (Å²) in [6, 6.07) is 5.70. The minimum absolute atomic E-state index is 0.0713. The highest BCUT2D eigenvalue weighted by molar-refractivity contribution is 6.07. The molecule has 0 aliphatic heterocycles. The summed E-state index contributed by atoms with van der Waals surface area (Å²) in [6.45, 7) is 0. The number of anilines is 1. The number of phenols is 4. The fourth-order valence-electron chi connectivity index (χ4n) is 1.69. The Morgan fingerprint density at radius 3 is 2.19 bits per heavy atom. The number of aromatic hydroxyl groups is 4. The summed E-state index contributed by atoms with van der Waals surface area (Å²) in [5, 5.41) is 39.6. The lowest BCUT2D eigenvalue weighted by Crippen LogP contribution is -2.13. The monoisotopic (exact) mass is 289 g/mol. The van der Waals surface area contributed by atoms with Crippen molar-refractivity contribution in [2.75, 3.05) is 5.32 Å². The predicted octanol–water partition coefficient (Wildman–Crippen LogP) is 1.57. The van der Waals surface area contributed by atoms with Crippen LogP contribution in [0.2, 0.25) is 0 Å². The van der Waals surface area contributed by atoms with Gasteiger partial charge < -0.3 is 25.7 Å². The Balaban J connectivity index is 2.34. The van der Waals surface area contributed by atoms with Gasteiger partial charge in [0.05, 0.1) is 5.69 Å². The first-order valence-electron chi connectivity index (χ1n) is 5.77. The zero-order chi connectivity index (χ0) is 15.6. The van der Waals surface area contributed by atoms with Crippen LogP contribution in [-0.2, 0) is 0 Å². The number of phenolic OH excluding ortho intramolecular Hbond substituents is 4. The molecule has 1 amide bonds. The van der Waals surface area contributed by atoms with Crippen LogP contribution in [0.5, 0.6) is 23.0 Å². The third-order valence-corrected chi connectivity index (χ3v) is 2.74. The Kier molecular flexibility index (Phi) is 3.66. The maximum atomic E-state index is 12.0. The molecule has 0 saturated heterocycles. The van der Waals surface area contributed by atoms with E-state index in [1.807, 2.05) is 0 Å². The first-order chi connectivity index (χ1) is 9.92. The SMILES string of the molecule is O=Cc1ccc(O)cc1NC(=O)c1cc(O)c(O)c(O)c1. The van der Waals surface area contributed by atoms with Crippen molar-refractivity contribution in [3.63, 3.8) is 0 Å². The molecule has 7 heteroatoms. The quantitative estimate of drug-likeness (QED) is 0.431. The summed E-state index contributed by atoms with van der Waals surface area (Å²) in [5.41, 5.74) is 0.0819. The Morgan fingerprint density at radius 2 is 1.62 bits per heavy atom. The second-order valence-electron chi connectivity index (χ2n) is 4.21. The lowest BCUT2D eigenvalue weighted by molar-refractivity contribution is 0.102. The van der Waals surface area contributed by atoms with E-state index >= 15 is 0 Å². The average Bonchev–Trinajstić information content (AvgIpc) is 2.44. The molecule has 7 nitrogen and oxygen atoms in total. The molecular weight excluding hydrogens is 278 g/mol. The summed E-state index contributed by atoms with van der Waals surface area (Å²) in [4.78, 5) is 22.9. The summed E-state index contributed by atoms with van der Waals surface area (Å²) >= 11 is 0. The Bertz CT molecular complexity index is 702. The van der Waals surface area contributed by atoms with E-state index in [1.54, 1.807) is 0 Å². The molecule has 2 aromatic carbocycles. The van der Waals surface area contributed by atoms with Crippen molar-refractivity contribution in [2.24, 2.45) is 0 Å². The summed E-state index contributed by atoms with van der Waals surface area (Å²) in [7, 11) is 0. The second-order valence-corrected chi connectivity index (χ2v) is 4.21. The van der Waals surface area contributed by atoms with Crippen LogP contribution >= 0.6 is 0 Å². The number of carbonyl (C=O) groups excluding carboxylic acids is 2. The molecule has 0 aromatic heterocycles. The van der Waals surface area contributed by atoms with Gasteiger partial charge in [-0.3, -0.25) is 9.59 Å². The van der Waals surface area contributed by atoms with E-state index in [-0.39, 0.29) is 22.6 Å².